The number of anilines is 1. The molecule has 7 nitrogen and oxygen atoms in total. The highest BCUT2D eigenvalue weighted by molar-refractivity contribution is 5.93. The molecule has 2 amide bonds. The Balaban J connectivity index is 1.96. The number of ether oxygens (including phenoxy) is 1. The number of hydrogen-bond acceptors (Lipinski definition) is 5. The Kier molecular flexibility index (Phi) is 7.72. The van der Waals surface area contributed by atoms with Crippen LogP contribution in [0.5, 0.6) is 0 Å². The Hall–Kier alpha value is -3.66. The number of nitrogens with two attached hydrogens (primary N) is 1. The number of amides is 2. The lowest BCUT2D eigenvalue weighted by atomic mass is 9.84. The fourth-order valence-corrected chi connectivity index (χ4v) is 4.69. The van der Waals surface area contributed by atoms with Gasteiger partial charge >= 0.3 is 5.97 Å². The van der Waals surface area contributed by atoms with Gasteiger partial charge in [-0.05, 0) is 81.0 Å². The van der Waals surface area contributed by atoms with Crippen LogP contribution in [0, 0.1) is 11.3 Å². The Morgan fingerprint density at radius 3 is 2.68 bits per heavy atom. The van der Waals surface area contributed by atoms with Crippen molar-refractivity contribution in [3.8, 4) is 6.07 Å². The molecule has 0 heterocycles. The zero-order valence-corrected chi connectivity index (χ0v) is 19.9. The van der Waals surface area contributed by atoms with E-state index in [9.17, 15) is 19.6 Å². The van der Waals surface area contributed by atoms with Gasteiger partial charge in [-0.2, -0.15) is 5.26 Å². The third-order valence-electron chi connectivity index (χ3n) is 6.49. The second-order valence-corrected chi connectivity index (χ2v) is 8.94. The quantitative estimate of drug-likeness (QED) is 0.405. The van der Waals surface area contributed by atoms with Crippen molar-refractivity contribution in [2.24, 2.45) is 5.73 Å². The number of carbonyl (C=O) groups excluding carboxylic acids is 3. The zero-order chi connectivity index (χ0) is 24.9. The molecule has 0 saturated heterocycles. The largest absolute Gasteiger partial charge is 0.466 e. The number of hydrogen-bond donors (Lipinski definition) is 1. The molecule has 0 aromatic heterocycles. The van der Waals surface area contributed by atoms with Gasteiger partial charge < -0.3 is 15.4 Å². The Labute approximate surface area is 200 Å². The van der Waals surface area contributed by atoms with Gasteiger partial charge in [-0.15, -0.1) is 0 Å². The average molecular weight is 462 g/mol. The molecule has 0 unspecified atom stereocenters. The molecule has 0 spiro atoms. The highest BCUT2D eigenvalue weighted by Crippen LogP contribution is 2.61. The normalized spacial score (nSPS) is 18.7. The van der Waals surface area contributed by atoms with E-state index in [4.69, 9.17) is 10.5 Å². The molecule has 178 valence electrons. The van der Waals surface area contributed by atoms with E-state index in [0.29, 0.717) is 31.4 Å². The number of aryl methyl sites for hydroxylation is 1. The third-order valence-corrected chi connectivity index (χ3v) is 6.49. The van der Waals surface area contributed by atoms with Crippen LogP contribution >= 0.6 is 0 Å². The minimum Gasteiger partial charge on any atom is -0.466 e. The van der Waals surface area contributed by atoms with E-state index in [0.717, 1.165) is 28.8 Å². The van der Waals surface area contributed by atoms with Crippen molar-refractivity contribution in [1.82, 2.24) is 0 Å². The summed E-state index contributed by atoms with van der Waals surface area (Å²) in [6, 6.07) is 15.1. The number of primary amides is 1. The second-order valence-electron chi connectivity index (χ2n) is 8.94. The molecule has 2 atom stereocenters. The maximum atomic E-state index is 12.9. The van der Waals surface area contributed by atoms with Gasteiger partial charge in [-0.25, -0.2) is 0 Å². The van der Waals surface area contributed by atoms with Crippen LogP contribution in [0.25, 0.3) is 0 Å². The number of nitrogens with zero attached hydrogens (tertiary/aromatic N) is 2. The minimum atomic E-state index is -0.936. The fourth-order valence-electron chi connectivity index (χ4n) is 4.69. The van der Waals surface area contributed by atoms with Crippen LogP contribution in [0.4, 0.5) is 5.69 Å². The first-order valence-corrected chi connectivity index (χ1v) is 11.6. The molecule has 1 saturated carbocycles. The first-order valence-electron chi connectivity index (χ1n) is 11.6. The van der Waals surface area contributed by atoms with E-state index in [1.54, 1.807) is 24.0 Å². The van der Waals surface area contributed by atoms with E-state index in [-0.39, 0.29) is 24.3 Å². The molecule has 2 N–H and O–H groups in total. The Morgan fingerprint density at radius 1 is 1.29 bits per heavy atom. The molecule has 0 aliphatic heterocycles. The molecule has 2 aromatic rings. The van der Waals surface area contributed by atoms with Gasteiger partial charge in [0.05, 0.1) is 23.7 Å². The third kappa shape index (κ3) is 4.96. The smallest absolute Gasteiger partial charge is 0.305 e. The predicted molar refractivity (Wildman–Crippen MR) is 129 cm³/mol. The van der Waals surface area contributed by atoms with Gasteiger partial charge in [-0.1, -0.05) is 18.2 Å². The molecule has 2 aromatic carbocycles. The van der Waals surface area contributed by atoms with Crippen LogP contribution < -0.4 is 10.6 Å². The molecular formula is C27H31N3O4. The second kappa shape index (κ2) is 10.5. The summed E-state index contributed by atoms with van der Waals surface area (Å²) in [7, 11) is 0. The summed E-state index contributed by atoms with van der Waals surface area (Å²) in [6.07, 6.45) is 2.73. The number of esters is 1. The van der Waals surface area contributed by atoms with Crippen molar-refractivity contribution in [2.75, 3.05) is 11.5 Å². The maximum absolute atomic E-state index is 12.9. The van der Waals surface area contributed by atoms with E-state index < -0.39 is 11.3 Å². The highest BCUT2D eigenvalue weighted by Gasteiger charge is 2.61. The van der Waals surface area contributed by atoms with Crippen molar-refractivity contribution in [3.63, 3.8) is 0 Å². The SMILES string of the molecule is CCOC(=O)CCCc1ccc(C#N)cc1[C@@]1(C(N)=O)C[C@@H]1c1cccc(N(C=O)C(C)C)c1. The van der Waals surface area contributed by atoms with Crippen LogP contribution in [0.1, 0.15) is 68.2 Å². The van der Waals surface area contributed by atoms with Crippen LogP contribution in [-0.4, -0.2) is 30.9 Å². The van der Waals surface area contributed by atoms with E-state index >= 15 is 0 Å². The molecule has 7 heteroatoms. The molecule has 0 radical (unpaired) electrons. The minimum absolute atomic E-state index is 0.00818. The van der Waals surface area contributed by atoms with E-state index in [1.165, 1.54) is 0 Å². The lowest BCUT2D eigenvalue weighted by Gasteiger charge is -2.23. The van der Waals surface area contributed by atoms with Crippen molar-refractivity contribution in [3.05, 3.63) is 64.7 Å². The van der Waals surface area contributed by atoms with Gasteiger partial charge in [0.15, 0.2) is 0 Å². The molecule has 34 heavy (non-hydrogen) atoms. The van der Waals surface area contributed by atoms with Crippen molar-refractivity contribution in [2.45, 2.75) is 63.8 Å². The lowest BCUT2D eigenvalue weighted by molar-refractivity contribution is -0.143. The molecule has 3 rings (SSSR count). The van der Waals surface area contributed by atoms with E-state index in [2.05, 4.69) is 6.07 Å². The Morgan fingerprint density at radius 2 is 2.06 bits per heavy atom. The summed E-state index contributed by atoms with van der Waals surface area (Å²) in [5.41, 5.74) is 8.82. The zero-order valence-electron chi connectivity index (χ0n) is 19.9. The fraction of sp³-hybridized carbons (Fsp3) is 0.407. The van der Waals surface area contributed by atoms with Crippen LogP contribution in [0.3, 0.4) is 0 Å². The van der Waals surface area contributed by atoms with Gasteiger partial charge in [0.1, 0.15) is 0 Å². The summed E-state index contributed by atoms with van der Waals surface area (Å²) in [6.45, 7) is 5.97. The maximum Gasteiger partial charge on any atom is 0.305 e. The lowest BCUT2D eigenvalue weighted by Crippen LogP contribution is -2.31. The summed E-state index contributed by atoms with van der Waals surface area (Å²) < 4.78 is 5.01. The van der Waals surface area contributed by atoms with Gasteiger partial charge in [0.25, 0.3) is 0 Å². The first kappa shape index (κ1) is 25.0. The number of benzene rings is 2. The monoisotopic (exact) mass is 461 g/mol. The van der Waals surface area contributed by atoms with Gasteiger partial charge in [0, 0.05) is 24.1 Å². The average Bonchev–Trinajstić information content (AvgIpc) is 3.57. The highest BCUT2D eigenvalue weighted by atomic mass is 16.5. The molecule has 1 aliphatic carbocycles. The number of rotatable bonds is 11. The molecule has 0 bridgehead atoms. The molecule has 1 fully saturated rings. The van der Waals surface area contributed by atoms with Crippen molar-refractivity contribution < 1.29 is 19.1 Å². The van der Waals surface area contributed by atoms with Gasteiger partial charge in [-0.3, -0.25) is 14.4 Å². The summed E-state index contributed by atoms with van der Waals surface area (Å²) in [5, 5.41) is 9.48. The van der Waals surface area contributed by atoms with Crippen LogP contribution in [-0.2, 0) is 31.0 Å². The van der Waals surface area contributed by atoms with Crippen LogP contribution in [0.2, 0.25) is 0 Å². The van der Waals surface area contributed by atoms with Gasteiger partial charge in [0.2, 0.25) is 12.3 Å². The van der Waals surface area contributed by atoms with E-state index in [1.807, 2.05) is 44.2 Å². The summed E-state index contributed by atoms with van der Waals surface area (Å²) in [5.74, 6) is -0.864. The van der Waals surface area contributed by atoms with Crippen LogP contribution in [0.15, 0.2) is 42.5 Å². The predicted octanol–water partition coefficient (Wildman–Crippen LogP) is 3.73. The molecule has 1 aliphatic rings. The summed E-state index contributed by atoms with van der Waals surface area (Å²) >= 11 is 0. The Bertz CT molecular complexity index is 1120. The van der Waals surface area contributed by atoms with Crippen molar-refractivity contribution >= 4 is 24.0 Å². The number of nitriles is 1. The van der Waals surface area contributed by atoms with Crippen molar-refractivity contribution in [1.29, 1.82) is 5.26 Å². The standard InChI is InChI=1S/C27H31N3O4/c1-4-34-25(32)10-6-7-20-12-11-19(16-28)13-23(20)27(26(29)33)15-24(27)21-8-5-9-22(14-21)30(17-31)18(2)3/h5,8-9,11-14,17-18,24H,4,6-7,10,15H2,1-3H3,(H2,29,33)/t24-,27+/m1/s1. The first-order chi connectivity index (χ1) is 16.3. The topological polar surface area (TPSA) is 113 Å². The molecular weight excluding hydrogens is 430 g/mol. The number of carbonyl (C=O) groups is 3. The summed E-state index contributed by atoms with van der Waals surface area (Å²) in [4.78, 5) is 37.9.